The Bertz CT molecular complexity index is 1980. The van der Waals surface area contributed by atoms with E-state index < -0.39 is 0 Å². The second kappa shape index (κ2) is 7.52. The van der Waals surface area contributed by atoms with E-state index in [1.807, 2.05) is 0 Å². The van der Waals surface area contributed by atoms with Gasteiger partial charge in [0.05, 0.1) is 11.5 Å². The maximum Gasteiger partial charge on any atom is 0.223 e. The van der Waals surface area contributed by atoms with Crippen LogP contribution in [0.1, 0.15) is 34.2 Å². The van der Waals surface area contributed by atoms with Crippen molar-refractivity contribution < 1.29 is 13.6 Å². The molecule has 0 radical (unpaired) electrons. The van der Waals surface area contributed by atoms with E-state index in [1.54, 1.807) is 0 Å². The molecule has 0 N–H and O–H groups in total. The van der Waals surface area contributed by atoms with Gasteiger partial charge in [-0.05, 0) is 47.7 Å². The highest BCUT2D eigenvalue weighted by atomic mass is 16.3. The number of hydrogen-bond acceptors (Lipinski definition) is 1. The highest BCUT2D eigenvalue weighted by molar-refractivity contribution is 6.12. The Morgan fingerprint density at radius 3 is 2.45 bits per heavy atom. The lowest BCUT2D eigenvalue weighted by atomic mass is 9.77. The molecular formula is C35H26N2O+2. The lowest BCUT2D eigenvalue weighted by Crippen LogP contribution is -2.55. The zero-order valence-corrected chi connectivity index (χ0v) is 21.0. The molecule has 6 aromatic rings. The fourth-order valence-corrected chi connectivity index (χ4v) is 7.31. The molecule has 3 heteroatoms. The lowest BCUT2D eigenvalue weighted by molar-refractivity contribution is -0.792. The Balaban J connectivity index is 1.35. The van der Waals surface area contributed by atoms with Gasteiger partial charge in [-0.15, -0.1) is 0 Å². The summed E-state index contributed by atoms with van der Waals surface area (Å²) in [5.74, 6) is 0.361. The summed E-state index contributed by atoms with van der Waals surface area (Å²) in [7, 11) is 0. The topological polar surface area (TPSA) is 20.9 Å². The van der Waals surface area contributed by atoms with Crippen molar-refractivity contribution in [2.45, 2.75) is 31.3 Å². The molecule has 3 nitrogen and oxygen atoms in total. The molecule has 1 aliphatic carbocycles. The van der Waals surface area contributed by atoms with Gasteiger partial charge in [-0.25, -0.2) is 0 Å². The van der Waals surface area contributed by atoms with Crippen LogP contribution in [0, 0.1) is 0 Å². The first-order chi connectivity index (χ1) is 18.8. The van der Waals surface area contributed by atoms with Crippen molar-refractivity contribution in [2.75, 3.05) is 0 Å². The highest BCUT2D eigenvalue weighted by Crippen LogP contribution is 2.45. The van der Waals surface area contributed by atoms with E-state index in [9.17, 15) is 0 Å². The second-order valence-corrected chi connectivity index (χ2v) is 10.9. The summed E-state index contributed by atoms with van der Waals surface area (Å²) in [6.45, 7) is 0.908. The van der Waals surface area contributed by atoms with Crippen LogP contribution in [0.15, 0.2) is 108 Å². The molecule has 9 rings (SSSR count). The number of benzene rings is 3. The number of rotatable bonds is 0. The van der Waals surface area contributed by atoms with Gasteiger partial charge in [-0.1, -0.05) is 54.6 Å². The first-order valence-electron chi connectivity index (χ1n) is 13.6. The molecule has 5 heterocycles. The predicted octanol–water partition coefficient (Wildman–Crippen LogP) is 6.96. The number of hydrogen-bond donors (Lipinski definition) is 0. The van der Waals surface area contributed by atoms with Gasteiger partial charge in [0.1, 0.15) is 11.2 Å². The fourth-order valence-electron chi connectivity index (χ4n) is 7.31. The van der Waals surface area contributed by atoms with Crippen molar-refractivity contribution in [3.8, 4) is 22.5 Å². The number of pyridine rings is 2. The molecule has 2 unspecified atom stereocenters. The number of furan rings is 1. The third kappa shape index (κ3) is 2.68. The third-order valence-electron chi connectivity index (χ3n) is 9.02. The Hall–Kier alpha value is -4.50. The molecule has 2 atom stereocenters. The number of fused-ring (bicyclic) bond motifs is 15. The normalized spacial score (nSPS) is 18.6. The maximum absolute atomic E-state index is 6.84. The highest BCUT2D eigenvalue weighted by Gasteiger charge is 2.44. The molecule has 0 saturated carbocycles. The Kier molecular flexibility index (Phi) is 4.06. The van der Waals surface area contributed by atoms with E-state index in [4.69, 9.17) is 4.42 Å². The van der Waals surface area contributed by atoms with Gasteiger partial charge in [-0.3, -0.25) is 0 Å². The standard InChI is InChI=1S/C35H26N2O/c1-2-10-26-25(9-1)29-20-23-15-17-28-27-16-14-22-8-7-11-24(22)34(27)38-35(28)33(23)31-13-3-5-18-36(31)21-32(29)37-19-6-4-12-30(26)37/h1-7,9-19,29,32H,8,20-21H2/q+2. The summed E-state index contributed by atoms with van der Waals surface area (Å²) in [4.78, 5) is 0. The monoisotopic (exact) mass is 490 g/mol. The maximum atomic E-state index is 6.84. The molecule has 0 amide bonds. The Labute approximate surface area is 220 Å². The van der Waals surface area contributed by atoms with Gasteiger partial charge >= 0.3 is 0 Å². The zero-order chi connectivity index (χ0) is 24.8. The molecule has 38 heavy (non-hydrogen) atoms. The van der Waals surface area contributed by atoms with Crippen LogP contribution in [0.25, 0.3) is 50.5 Å². The lowest BCUT2D eigenvalue weighted by Gasteiger charge is -2.31. The van der Waals surface area contributed by atoms with Gasteiger partial charge in [0, 0.05) is 46.2 Å². The summed E-state index contributed by atoms with van der Waals surface area (Å²) in [6, 6.07) is 31.7. The van der Waals surface area contributed by atoms with Crippen LogP contribution in [0.5, 0.6) is 0 Å². The van der Waals surface area contributed by atoms with Gasteiger partial charge in [-0.2, -0.15) is 9.13 Å². The largest absolute Gasteiger partial charge is 0.455 e. The number of aromatic nitrogens is 2. The minimum atomic E-state index is 0.320. The van der Waals surface area contributed by atoms with Gasteiger partial charge in [0.2, 0.25) is 24.0 Å². The van der Waals surface area contributed by atoms with E-state index in [1.165, 1.54) is 55.5 Å². The number of nitrogens with zero attached hydrogens (tertiary/aromatic N) is 2. The Morgan fingerprint density at radius 1 is 0.711 bits per heavy atom. The van der Waals surface area contributed by atoms with Crippen LogP contribution < -0.4 is 9.13 Å². The molecule has 3 aliphatic rings. The quantitative estimate of drug-likeness (QED) is 0.211. The molecule has 2 aliphatic heterocycles. The van der Waals surface area contributed by atoms with Crippen LogP contribution in [-0.4, -0.2) is 0 Å². The van der Waals surface area contributed by atoms with E-state index in [2.05, 4.69) is 119 Å². The van der Waals surface area contributed by atoms with Crippen LogP contribution >= 0.6 is 0 Å². The minimum absolute atomic E-state index is 0.320. The van der Waals surface area contributed by atoms with E-state index in [0.717, 1.165) is 30.6 Å². The van der Waals surface area contributed by atoms with Crippen molar-refractivity contribution in [1.29, 1.82) is 0 Å². The van der Waals surface area contributed by atoms with Crippen LogP contribution in [0.2, 0.25) is 0 Å². The number of allylic oxidation sites excluding steroid dienone is 1. The first-order valence-corrected chi connectivity index (χ1v) is 13.6. The first kappa shape index (κ1) is 20.5. The van der Waals surface area contributed by atoms with Crippen molar-refractivity contribution in [3.05, 3.63) is 126 Å². The summed E-state index contributed by atoms with van der Waals surface area (Å²) < 4.78 is 11.8. The molecule has 0 saturated heterocycles. The van der Waals surface area contributed by atoms with E-state index in [0.29, 0.717) is 12.0 Å². The molecule has 0 fully saturated rings. The molecule has 3 aromatic heterocycles. The fraction of sp³-hybridized carbons (Fsp3) is 0.143. The molecule has 180 valence electrons. The summed E-state index contributed by atoms with van der Waals surface area (Å²) in [5.41, 5.74) is 12.6. The van der Waals surface area contributed by atoms with Crippen LogP contribution in [0.4, 0.5) is 0 Å². The summed E-state index contributed by atoms with van der Waals surface area (Å²) >= 11 is 0. The van der Waals surface area contributed by atoms with E-state index in [-0.39, 0.29) is 0 Å². The Morgan fingerprint density at radius 2 is 1.50 bits per heavy atom. The van der Waals surface area contributed by atoms with Gasteiger partial charge in [0.15, 0.2) is 12.4 Å². The van der Waals surface area contributed by atoms with Crippen LogP contribution in [0.3, 0.4) is 0 Å². The molecule has 3 aromatic carbocycles. The van der Waals surface area contributed by atoms with Gasteiger partial charge < -0.3 is 4.42 Å². The van der Waals surface area contributed by atoms with Crippen molar-refractivity contribution in [1.82, 2.24) is 0 Å². The second-order valence-electron chi connectivity index (χ2n) is 10.9. The van der Waals surface area contributed by atoms with Gasteiger partial charge in [0.25, 0.3) is 0 Å². The molecule has 0 bridgehead atoms. The minimum Gasteiger partial charge on any atom is -0.455 e. The molecule has 0 spiro atoms. The van der Waals surface area contributed by atoms with Crippen molar-refractivity contribution in [3.63, 3.8) is 0 Å². The summed E-state index contributed by atoms with van der Waals surface area (Å²) in [6.07, 6.45) is 10.9. The third-order valence-corrected chi connectivity index (χ3v) is 9.02. The SMILES string of the molecule is C1=Cc2c(ccc3c2oc2c4c(ccc23)CC2c3ccccc3-c3cccc[n+]3C2C[n+]2ccccc2-4)C1. The molecular weight excluding hydrogens is 464 g/mol. The van der Waals surface area contributed by atoms with Crippen molar-refractivity contribution in [2.24, 2.45) is 0 Å². The smallest absolute Gasteiger partial charge is 0.223 e. The zero-order valence-electron chi connectivity index (χ0n) is 21.0. The average Bonchev–Trinajstić information content (AvgIpc) is 3.58. The predicted molar refractivity (Wildman–Crippen MR) is 150 cm³/mol. The summed E-state index contributed by atoms with van der Waals surface area (Å²) in [5, 5.41) is 2.42. The average molecular weight is 491 g/mol. The van der Waals surface area contributed by atoms with E-state index >= 15 is 0 Å². The van der Waals surface area contributed by atoms with Crippen molar-refractivity contribution >= 4 is 28.0 Å². The van der Waals surface area contributed by atoms with Crippen LogP contribution in [-0.2, 0) is 19.4 Å².